The molecule has 0 aliphatic carbocycles. The highest BCUT2D eigenvalue weighted by atomic mass is 19.3. The fourth-order valence-electron chi connectivity index (χ4n) is 2.11. The van der Waals surface area contributed by atoms with Crippen LogP contribution in [0.15, 0.2) is 24.3 Å². The van der Waals surface area contributed by atoms with Crippen molar-refractivity contribution in [3.63, 3.8) is 0 Å². The molecule has 1 saturated heterocycles. The predicted octanol–water partition coefficient (Wildman–Crippen LogP) is 1.20. The van der Waals surface area contributed by atoms with Gasteiger partial charge in [-0.3, -0.25) is 9.59 Å². The predicted molar refractivity (Wildman–Crippen MR) is 60.0 cm³/mol. The van der Waals surface area contributed by atoms with Gasteiger partial charge in [-0.15, -0.1) is 0 Å². The number of alkyl halides is 2. The van der Waals surface area contributed by atoms with Crippen molar-refractivity contribution in [2.75, 3.05) is 6.54 Å². The number of hydrogen-bond donors (Lipinski definition) is 2. The Morgan fingerprint density at radius 2 is 2.00 bits per heavy atom. The lowest BCUT2D eigenvalue weighted by molar-refractivity contribution is -0.145. The van der Waals surface area contributed by atoms with Crippen LogP contribution in [0, 0.1) is 5.92 Å². The van der Waals surface area contributed by atoms with E-state index in [2.05, 4.69) is 10.1 Å². The summed E-state index contributed by atoms with van der Waals surface area (Å²) in [5.74, 6) is -3.41. The molecule has 0 spiro atoms. The summed E-state index contributed by atoms with van der Waals surface area (Å²) >= 11 is 0. The average Bonchev–Trinajstić information content (AvgIpc) is 2.71. The summed E-state index contributed by atoms with van der Waals surface area (Å²) in [7, 11) is 0. The second-order valence-electron chi connectivity index (χ2n) is 4.12. The molecule has 1 aliphatic heterocycles. The van der Waals surface area contributed by atoms with Crippen molar-refractivity contribution < 1.29 is 28.2 Å². The lowest BCUT2D eigenvalue weighted by atomic mass is 9.88. The van der Waals surface area contributed by atoms with Crippen LogP contribution in [0.25, 0.3) is 0 Å². The number of carboxylic acid groups (broad SMARTS) is 1. The van der Waals surface area contributed by atoms with Crippen LogP contribution in [0.2, 0.25) is 0 Å². The minimum atomic E-state index is -2.91. The molecule has 19 heavy (non-hydrogen) atoms. The fraction of sp³-hybridized carbons (Fsp3) is 0.333. The van der Waals surface area contributed by atoms with E-state index in [1.54, 1.807) is 0 Å². The Morgan fingerprint density at radius 3 is 2.53 bits per heavy atom. The molecule has 1 unspecified atom stereocenters. The number of nitrogens with one attached hydrogen (secondary N) is 1. The lowest BCUT2D eigenvalue weighted by Crippen LogP contribution is -2.26. The summed E-state index contributed by atoms with van der Waals surface area (Å²) in [4.78, 5) is 22.4. The van der Waals surface area contributed by atoms with Gasteiger partial charge in [0, 0.05) is 12.5 Å². The Balaban J connectivity index is 2.18. The zero-order valence-corrected chi connectivity index (χ0v) is 9.68. The van der Waals surface area contributed by atoms with Crippen LogP contribution in [0.1, 0.15) is 11.5 Å². The maximum Gasteiger partial charge on any atom is 0.387 e. The highest BCUT2D eigenvalue weighted by molar-refractivity contribution is 5.99. The highest BCUT2D eigenvalue weighted by Gasteiger charge is 2.41. The minimum absolute atomic E-state index is 0.0112. The molecule has 2 rings (SSSR count). The number of carboxylic acids is 1. The van der Waals surface area contributed by atoms with Crippen LogP contribution in [0.3, 0.4) is 0 Å². The summed E-state index contributed by atoms with van der Waals surface area (Å²) in [6.07, 6.45) is 0. The van der Waals surface area contributed by atoms with Crippen molar-refractivity contribution in [2.24, 2.45) is 5.92 Å². The second kappa shape index (κ2) is 5.21. The zero-order valence-electron chi connectivity index (χ0n) is 9.68. The molecule has 0 bridgehead atoms. The Labute approximate surface area is 107 Å². The summed E-state index contributed by atoms with van der Waals surface area (Å²) in [6, 6.07) is 5.61. The fourth-order valence-corrected chi connectivity index (χ4v) is 2.11. The van der Waals surface area contributed by atoms with Crippen LogP contribution in [-0.4, -0.2) is 30.1 Å². The second-order valence-corrected chi connectivity index (χ2v) is 4.12. The average molecular weight is 271 g/mol. The van der Waals surface area contributed by atoms with E-state index >= 15 is 0 Å². The topological polar surface area (TPSA) is 75.6 Å². The number of rotatable bonds is 4. The Morgan fingerprint density at radius 1 is 1.37 bits per heavy atom. The molecule has 1 fully saturated rings. The van der Waals surface area contributed by atoms with Crippen LogP contribution in [0.5, 0.6) is 5.75 Å². The lowest BCUT2D eigenvalue weighted by Gasteiger charge is -2.14. The van der Waals surface area contributed by atoms with E-state index in [0.29, 0.717) is 5.56 Å². The first-order valence-electron chi connectivity index (χ1n) is 5.54. The van der Waals surface area contributed by atoms with Crippen LogP contribution in [0.4, 0.5) is 8.78 Å². The van der Waals surface area contributed by atoms with Crippen LogP contribution in [-0.2, 0) is 9.59 Å². The van der Waals surface area contributed by atoms with Gasteiger partial charge in [0.15, 0.2) is 0 Å². The third-order valence-electron chi connectivity index (χ3n) is 2.98. The quantitative estimate of drug-likeness (QED) is 0.807. The van der Waals surface area contributed by atoms with E-state index in [0.717, 1.165) is 0 Å². The van der Waals surface area contributed by atoms with Crippen molar-refractivity contribution in [3.8, 4) is 5.75 Å². The standard InChI is InChI=1S/C12H11F2NO4/c13-12(14)19-7-3-1-6(2-4-7)8-5-15-10(16)9(8)11(17)18/h1-4,8-9,12H,5H2,(H,15,16)(H,17,18)/t8-,9?/m1/s1. The number of hydrogen-bond acceptors (Lipinski definition) is 3. The van der Waals surface area contributed by atoms with Crippen LogP contribution < -0.4 is 10.1 Å². The van der Waals surface area contributed by atoms with Gasteiger partial charge in [0.2, 0.25) is 5.91 Å². The Kier molecular flexibility index (Phi) is 3.64. The number of ether oxygens (including phenoxy) is 1. The summed E-state index contributed by atoms with van der Waals surface area (Å²) in [6.45, 7) is -2.70. The molecule has 1 amide bonds. The zero-order chi connectivity index (χ0) is 14.0. The van der Waals surface area contributed by atoms with Gasteiger partial charge in [-0.05, 0) is 17.7 Å². The van der Waals surface area contributed by atoms with Crippen molar-refractivity contribution in [1.82, 2.24) is 5.32 Å². The number of benzene rings is 1. The van der Waals surface area contributed by atoms with Crippen molar-refractivity contribution in [3.05, 3.63) is 29.8 Å². The van der Waals surface area contributed by atoms with Gasteiger partial charge >= 0.3 is 12.6 Å². The molecule has 7 heteroatoms. The van der Waals surface area contributed by atoms with E-state index in [4.69, 9.17) is 5.11 Å². The summed E-state index contributed by atoms with van der Waals surface area (Å²) < 4.78 is 28.2. The van der Waals surface area contributed by atoms with E-state index in [9.17, 15) is 18.4 Å². The van der Waals surface area contributed by atoms with Gasteiger partial charge in [-0.25, -0.2) is 0 Å². The Hall–Kier alpha value is -2.18. The molecule has 0 saturated carbocycles. The van der Waals surface area contributed by atoms with Gasteiger partial charge in [-0.1, -0.05) is 12.1 Å². The molecule has 102 valence electrons. The molecule has 2 N–H and O–H groups in total. The number of aliphatic carboxylic acids is 1. The molecule has 1 aromatic carbocycles. The monoisotopic (exact) mass is 271 g/mol. The SMILES string of the molecule is O=C(O)C1C(=O)NC[C@@H]1c1ccc(OC(F)F)cc1. The largest absolute Gasteiger partial charge is 0.481 e. The summed E-state index contributed by atoms with van der Waals surface area (Å²) in [5.41, 5.74) is 0.590. The van der Waals surface area contributed by atoms with Crippen molar-refractivity contribution >= 4 is 11.9 Å². The summed E-state index contributed by atoms with van der Waals surface area (Å²) in [5, 5.41) is 11.5. The number of carbonyl (C=O) groups is 2. The van der Waals surface area contributed by atoms with Gasteiger partial charge in [0.1, 0.15) is 11.7 Å². The van der Waals surface area contributed by atoms with E-state index in [-0.39, 0.29) is 12.3 Å². The first-order chi connectivity index (χ1) is 8.99. The van der Waals surface area contributed by atoms with E-state index < -0.39 is 30.3 Å². The number of halogens is 2. The Bertz CT molecular complexity index is 489. The van der Waals surface area contributed by atoms with Crippen LogP contribution >= 0.6 is 0 Å². The van der Waals surface area contributed by atoms with E-state index in [1.165, 1.54) is 24.3 Å². The van der Waals surface area contributed by atoms with Gasteiger partial charge in [0.05, 0.1) is 0 Å². The first-order valence-corrected chi connectivity index (χ1v) is 5.54. The molecular weight excluding hydrogens is 260 g/mol. The molecule has 1 heterocycles. The highest BCUT2D eigenvalue weighted by Crippen LogP contribution is 2.30. The molecule has 0 radical (unpaired) electrons. The molecule has 1 aromatic rings. The molecule has 0 aromatic heterocycles. The number of amides is 1. The molecular formula is C12H11F2NO4. The molecule has 2 atom stereocenters. The molecule has 5 nitrogen and oxygen atoms in total. The normalized spacial score (nSPS) is 22.4. The smallest absolute Gasteiger partial charge is 0.387 e. The van der Waals surface area contributed by atoms with Gasteiger partial charge in [0.25, 0.3) is 0 Å². The maximum atomic E-state index is 12.0. The first kappa shape index (κ1) is 13.3. The third kappa shape index (κ3) is 2.81. The van der Waals surface area contributed by atoms with Gasteiger partial charge in [-0.2, -0.15) is 8.78 Å². The van der Waals surface area contributed by atoms with Gasteiger partial charge < -0.3 is 15.2 Å². The third-order valence-corrected chi connectivity index (χ3v) is 2.98. The van der Waals surface area contributed by atoms with E-state index in [1.807, 2.05) is 0 Å². The minimum Gasteiger partial charge on any atom is -0.481 e. The van der Waals surface area contributed by atoms with Crippen molar-refractivity contribution in [2.45, 2.75) is 12.5 Å². The van der Waals surface area contributed by atoms with Crippen molar-refractivity contribution in [1.29, 1.82) is 0 Å². The molecule has 1 aliphatic rings. The number of carbonyl (C=O) groups excluding carboxylic acids is 1. The maximum absolute atomic E-state index is 12.0.